The van der Waals surface area contributed by atoms with Gasteiger partial charge in [-0.15, -0.1) is 0 Å². The lowest BCUT2D eigenvalue weighted by Crippen LogP contribution is -2.15. The maximum Gasteiger partial charge on any atom is 0.339 e. The summed E-state index contributed by atoms with van der Waals surface area (Å²) < 4.78 is 16.5. The number of carbonyl (C=O) groups excluding carboxylic acids is 1. The first-order chi connectivity index (χ1) is 10.1. The van der Waals surface area contributed by atoms with Gasteiger partial charge in [-0.25, -0.2) is 4.79 Å². The van der Waals surface area contributed by atoms with Gasteiger partial charge in [-0.05, 0) is 59.3 Å². The molecule has 0 amide bonds. The number of benzene rings is 1. The molecule has 6 heteroatoms. The Bertz CT molecular complexity index is 513. The van der Waals surface area contributed by atoms with Crippen molar-refractivity contribution in [1.29, 1.82) is 0 Å². The summed E-state index contributed by atoms with van der Waals surface area (Å²) in [6.07, 6.45) is 1.01. The molecular formula is C15H19BrO5. The molecule has 1 aliphatic carbocycles. The van der Waals surface area contributed by atoms with E-state index in [2.05, 4.69) is 15.9 Å². The van der Waals surface area contributed by atoms with Crippen molar-refractivity contribution in [3.63, 3.8) is 0 Å². The molecule has 1 fully saturated rings. The van der Waals surface area contributed by atoms with Crippen molar-refractivity contribution in [3.05, 3.63) is 22.2 Å². The first-order valence-electron chi connectivity index (χ1n) is 6.91. The standard InChI is InChI=1S/C15H19BrO5/c1-3-20-15(18)13(17)10-6-11(16)14(19-2)12(7-10)21-8-9-4-5-9/h6-7,9,13,17H,3-5,8H2,1-2H3. The van der Waals surface area contributed by atoms with Crippen molar-refractivity contribution in [2.75, 3.05) is 20.3 Å². The first kappa shape index (κ1) is 16.1. The highest BCUT2D eigenvalue weighted by Gasteiger charge is 2.25. The highest BCUT2D eigenvalue weighted by Crippen LogP contribution is 2.39. The van der Waals surface area contributed by atoms with Gasteiger partial charge in [0.15, 0.2) is 17.6 Å². The van der Waals surface area contributed by atoms with Crippen molar-refractivity contribution in [2.45, 2.75) is 25.9 Å². The van der Waals surface area contributed by atoms with Gasteiger partial charge in [0.25, 0.3) is 0 Å². The average molecular weight is 359 g/mol. The summed E-state index contributed by atoms with van der Waals surface area (Å²) in [5.74, 6) is 0.974. The van der Waals surface area contributed by atoms with Gasteiger partial charge >= 0.3 is 5.97 Å². The monoisotopic (exact) mass is 358 g/mol. The van der Waals surface area contributed by atoms with Gasteiger partial charge < -0.3 is 19.3 Å². The summed E-state index contributed by atoms with van der Waals surface area (Å²) in [6.45, 7) is 2.53. The number of halogens is 1. The molecule has 1 aromatic carbocycles. The lowest BCUT2D eigenvalue weighted by atomic mass is 10.1. The Morgan fingerprint density at radius 1 is 1.48 bits per heavy atom. The molecule has 1 atom stereocenters. The number of aliphatic hydroxyl groups is 1. The fraction of sp³-hybridized carbons (Fsp3) is 0.533. The van der Waals surface area contributed by atoms with Crippen LogP contribution < -0.4 is 9.47 Å². The van der Waals surface area contributed by atoms with E-state index in [-0.39, 0.29) is 6.61 Å². The van der Waals surface area contributed by atoms with E-state index in [1.54, 1.807) is 26.2 Å². The minimum absolute atomic E-state index is 0.220. The first-order valence-corrected chi connectivity index (χ1v) is 7.71. The number of aliphatic hydroxyl groups excluding tert-OH is 1. The van der Waals surface area contributed by atoms with Crippen LogP contribution in [0.4, 0.5) is 0 Å². The van der Waals surface area contributed by atoms with Crippen LogP contribution in [0.2, 0.25) is 0 Å². The summed E-state index contributed by atoms with van der Waals surface area (Å²) in [5, 5.41) is 10.0. The van der Waals surface area contributed by atoms with Crippen LogP contribution in [0.5, 0.6) is 11.5 Å². The molecule has 0 radical (unpaired) electrons. The van der Waals surface area contributed by atoms with Crippen LogP contribution >= 0.6 is 15.9 Å². The van der Waals surface area contributed by atoms with Crippen LogP contribution in [-0.2, 0) is 9.53 Å². The summed E-state index contributed by atoms with van der Waals surface area (Å²) in [4.78, 5) is 11.6. The van der Waals surface area contributed by atoms with Gasteiger partial charge in [-0.1, -0.05) is 0 Å². The minimum atomic E-state index is -1.34. The second kappa shape index (κ2) is 7.13. The number of ether oxygens (including phenoxy) is 3. The Morgan fingerprint density at radius 2 is 2.19 bits per heavy atom. The van der Waals surface area contributed by atoms with E-state index in [4.69, 9.17) is 14.2 Å². The lowest BCUT2D eigenvalue weighted by Gasteiger charge is -2.16. The number of hydrogen-bond donors (Lipinski definition) is 1. The molecule has 0 aromatic heterocycles. The fourth-order valence-corrected chi connectivity index (χ4v) is 2.52. The van der Waals surface area contributed by atoms with Crippen molar-refractivity contribution in [2.24, 2.45) is 5.92 Å². The number of carbonyl (C=O) groups is 1. The molecule has 1 unspecified atom stereocenters. The average Bonchev–Trinajstić information content (AvgIpc) is 3.28. The summed E-state index contributed by atoms with van der Waals surface area (Å²) in [6, 6.07) is 3.25. The van der Waals surface area contributed by atoms with E-state index in [1.165, 1.54) is 12.8 Å². The van der Waals surface area contributed by atoms with Crippen LogP contribution in [-0.4, -0.2) is 31.4 Å². The van der Waals surface area contributed by atoms with Crippen molar-refractivity contribution in [1.82, 2.24) is 0 Å². The van der Waals surface area contributed by atoms with E-state index in [0.717, 1.165) is 0 Å². The van der Waals surface area contributed by atoms with Gasteiger partial charge in [0.05, 0.1) is 24.8 Å². The number of esters is 1. The molecule has 0 bridgehead atoms. The fourth-order valence-electron chi connectivity index (χ4n) is 1.90. The SMILES string of the molecule is CCOC(=O)C(O)c1cc(Br)c(OC)c(OCC2CC2)c1. The van der Waals surface area contributed by atoms with Gasteiger partial charge in [0.1, 0.15) is 0 Å². The van der Waals surface area contributed by atoms with Crippen LogP contribution in [0, 0.1) is 5.92 Å². The Balaban J connectivity index is 2.22. The Labute approximate surface area is 132 Å². The smallest absolute Gasteiger partial charge is 0.339 e. The second-order valence-electron chi connectivity index (χ2n) is 4.94. The summed E-state index contributed by atoms with van der Waals surface area (Å²) in [5.41, 5.74) is 0.409. The largest absolute Gasteiger partial charge is 0.492 e. The molecule has 1 aliphatic rings. The third-order valence-electron chi connectivity index (χ3n) is 3.23. The zero-order valence-electron chi connectivity index (χ0n) is 12.1. The van der Waals surface area contributed by atoms with Gasteiger partial charge in [-0.3, -0.25) is 0 Å². The second-order valence-corrected chi connectivity index (χ2v) is 5.80. The molecule has 116 valence electrons. The molecule has 1 N–H and O–H groups in total. The van der Waals surface area contributed by atoms with Crippen molar-refractivity contribution in [3.8, 4) is 11.5 Å². The molecule has 1 aromatic rings. The quantitative estimate of drug-likeness (QED) is 0.759. The molecule has 0 spiro atoms. The zero-order chi connectivity index (χ0) is 15.4. The number of rotatable bonds is 7. The highest BCUT2D eigenvalue weighted by molar-refractivity contribution is 9.10. The van der Waals surface area contributed by atoms with Gasteiger partial charge in [0, 0.05) is 0 Å². The van der Waals surface area contributed by atoms with E-state index in [1.807, 2.05) is 0 Å². The molecule has 0 saturated heterocycles. The van der Waals surface area contributed by atoms with Crippen LogP contribution in [0.25, 0.3) is 0 Å². The molecule has 21 heavy (non-hydrogen) atoms. The van der Waals surface area contributed by atoms with Crippen molar-refractivity contribution >= 4 is 21.9 Å². The Kier molecular flexibility index (Phi) is 5.47. The third kappa shape index (κ3) is 4.11. The van der Waals surface area contributed by atoms with Crippen LogP contribution in [0.15, 0.2) is 16.6 Å². The topological polar surface area (TPSA) is 65.0 Å². The maximum absolute atomic E-state index is 11.6. The normalized spacial score (nSPS) is 15.4. The zero-order valence-corrected chi connectivity index (χ0v) is 13.7. The lowest BCUT2D eigenvalue weighted by molar-refractivity contribution is -0.153. The van der Waals surface area contributed by atoms with Crippen molar-refractivity contribution < 1.29 is 24.1 Å². The predicted octanol–water partition coefficient (Wildman–Crippen LogP) is 2.84. The van der Waals surface area contributed by atoms with E-state index >= 15 is 0 Å². The highest BCUT2D eigenvalue weighted by atomic mass is 79.9. The van der Waals surface area contributed by atoms with E-state index in [0.29, 0.717) is 34.1 Å². The molecule has 5 nitrogen and oxygen atoms in total. The minimum Gasteiger partial charge on any atom is -0.492 e. The van der Waals surface area contributed by atoms with Gasteiger partial charge in [0.2, 0.25) is 0 Å². The predicted molar refractivity (Wildman–Crippen MR) is 80.5 cm³/mol. The maximum atomic E-state index is 11.6. The van der Waals surface area contributed by atoms with E-state index in [9.17, 15) is 9.90 Å². The molecular weight excluding hydrogens is 340 g/mol. The third-order valence-corrected chi connectivity index (χ3v) is 3.82. The molecule has 1 saturated carbocycles. The number of methoxy groups -OCH3 is 1. The molecule has 0 heterocycles. The number of hydrogen-bond acceptors (Lipinski definition) is 5. The summed E-state index contributed by atoms with van der Waals surface area (Å²) >= 11 is 3.37. The van der Waals surface area contributed by atoms with Gasteiger partial charge in [-0.2, -0.15) is 0 Å². The molecule has 2 rings (SSSR count). The Morgan fingerprint density at radius 3 is 2.76 bits per heavy atom. The van der Waals surface area contributed by atoms with E-state index < -0.39 is 12.1 Å². The summed E-state index contributed by atoms with van der Waals surface area (Å²) in [7, 11) is 1.55. The van der Waals surface area contributed by atoms with Crippen LogP contribution in [0.3, 0.4) is 0 Å². The molecule has 0 aliphatic heterocycles. The van der Waals surface area contributed by atoms with Crippen LogP contribution in [0.1, 0.15) is 31.4 Å². The Hall–Kier alpha value is -1.27.